The highest BCUT2D eigenvalue weighted by Gasteiger charge is 2.25. The van der Waals surface area contributed by atoms with Crippen molar-refractivity contribution in [3.05, 3.63) is 65.4 Å². The van der Waals surface area contributed by atoms with Gasteiger partial charge in [-0.25, -0.2) is 4.79 Å². The smallest absolute Gasteiger partial charge is 0.319 e. The lowest BCUT2D eigenvalue weighted by Crippen LogP contribution is -2.34. The van der Waals surface area contributed by atoms with Crippen LogP contribution in [-0.4, -0.2) is 11.0 Å². The molecule has 122 valence electrons. The number of carbonyl (C=O) groups is 1. The first-order valence-electron chi connectivity index (χ1n) is 8.44. The zero-order valence-corrected chi connectivity index (χ0v) is 13.7. The zero-order chi connectivity index (χ0) is 16.5. The molecule has 4 nitrogen and oxygen atoms in total. The molecule has 0 fully saturated rings. The highest BCUT2D eigenvalue weighted by atomic mass is 16.2. The first kappa shape index (κ1) is 14.8. The van der Waals surface area contributed by atoms with E-state index in [1.165, 1.54) is 16.5 Å². The molecule has 4 heteroatoms. The molecule has 1 unspecified atom stereocenters. The third-order valence-corrected chi connectivity index (χ3v) is 4.70. The van der Waals surface area contributed by atoms with Crippen LogP contribution < -0.4 is 10.6 Å². The van der Waals surface area contributed by atoms with Gasteiger partial charge in [0.1, 0.15) is 0 Å². The van der Waals surface area contributed by atoms with Crippen LogP contribution in [0, 0.1) is 6.92 Å². The fraction of sp³-hybridized carbons (Fsp3) is 0.250. The van der Waals surface area contributed by atoms with E-state index < -0.39 is 0 Å². The van der Waals surface area contributed by atoms with Gasteiger partial charge in [-0.05, 0) is 56.0 Å². The van der Waals surface area contributed by atoms with Crippen LogP contribution in [0.25, 0.3) is 10.9 Å². The van der Waals surface area contributed by atoms with Gasteiger partial charge in [0.2, 0.25) is 0 Å². The molecule has 1 aliphatic rings. The van der Waals surface area contributed by atoms with E-state index in [1.54, 1.807) is 0 Å². The molecule has 0 saturated heterocycles. The van der Waals surface area contributed by atoms with Crippen molar-refractivity contribution in [3.8, 4) is 0 Å². The molecule has 0 bridgehead atoms. The molecule has 3 N–H and O–H groups in total. The van der Waals surface area contributed by atoms with Gasteiger partial charge in [-0.2, -0.15) is 0 Å². The van der Waals surface area contributed by atoms with Crippen molar-refractivity contribution in [3.63, 3.8) is 0 Å². The number of para-hydroxylation sites is 1. The highest BCUT2D eigenvalue weighted by Crippen LogP contribution is 2.35. The van der Waals surface area contributed by atoms with Crippen LogP contribution in [0.1, 0.15) is 35.7 Å². The number of aryl methyl sites for hydroxylation is 2. The summed E-state index contributed by atoms with van der Waals surface area (Å²) in [5, 5.41) is 7.31. The van der Waals surface area contributed by atoms with E-state index >= 15 is 0 Å². The number of anilines is 1. The van der Waals surface area contributed by atoms with Gasteiger partial charge in [0, 0.05) is 22.3 Å². The number of H-pyrrole nitrogens is 1. The van der Waals surface area contributed by atoms with E-state index in [0.717, 1.165) is 36.2 Å². The number of aromatic amines is 1. The Morgan fingerprint density at radius 3 is 2.83 bits per heavy atom. The van der Waals surface area contributed by atoms with Crippen LogP contribution in [0.2, 0.25) is 0 Å². The molecular formula is C20H21N3O. The Morgan fingerprint density at radius 1 is 1.17 bits per heavy atom. The van der Waals surface area contributed by atoms with Crippen LogP contribution in [0.3, 0.4) is 0 Å². The van der Waals surface area contributed by atoms with Gasteiger partial charge in [0.25, 0.3) is 0 Å². The first-order chi connectivity index (χ1) is 11.7. The summed E-state index contributed by atoms with van der Waals surface area (Å²) in [6.45, 7) is 2.12. The number of nitrogens with one attached hydrogen (secondary N) is 3. The van der Waals surface area contributed by atoms with Crippen LogP contribution in [0.5, 0.6) is 0 Å². The summed E-state index contributed by atoms with van der Waals surface area (Å²) in [5.74, 6) is 0. The maximum absolute atomic E-state index is 12.3. The normalized spacial score (nSPS) is 16.6. The van der Waals surface area contributed by atoms with Crippen LogP contribution in [-0.2, 0) is 6.42 Å². The maximum Gasteiger partial charge on any atom is 0.319 e. The molecule has 2 aromatic carbocycles. The summed E-state index contributed by atoms with van der Waals surface area (Å²) in [6.07, 6.45) is 3.11. The first-order valence-corrected chi connectivity index (χ1v) is 8.44. The van der Waals surface area contributed by atoms with Gasteiger partial charge in [0.15, 0.2) is 0 Å². The van der Waals surface area contributed by atoms with Crippen molar-refractivity contribution < 1.29 is 4.79 Å². The second-order valence-corrected chi connectivity index (χ2v) is 6.48. The standard InChI is InChI=1S/C20H21N3O/c1-13-10-11-17-16(12-13)15-8-5-9-18(19(15)22-17)23-20(24)21-14-6-3-2-4-7-14/h2-4,6-7,10-12,18,22H,5,8-9H2,1H3,(H2,21,23,24). The minimum absolute atomic E-state index is 0.0326. The summed E-state index contributed by atoms with van der Waals surface area (Å²) in [4.78, 5) is 15.8. The molecule has 3 aromatic rings. The molecule has 1 aliphatic carbocycles. The second kappa shape index (κ2) is 6.04. The quantitative estimate of drug-likeness (QED) is 0.631. The molecule has 1 atom stereocenters. The third kappa shape index (κ3) is 2.75. The third-order valence-electron chi connectivity index (χ3n) is 4.70. The molecule has 0 radical (unpaired) electrons. The highest BCUT2D eigenvalue weighted by molar-refractivity contribution is 5.90. The van der Waals surface area contributed by atoms with E-state index in [4.69, 9.17) is 0 Å². The van der Waals surface area contributed by atoms with Crippen LogP contribution >= 0.6 is 0 Å². The predicted molar refractivity (Wildman–Crippen MR) is 97.3 cm³/mol. The van der Waals surface area contributed by atoms with Crippen molar-refractivity contribution >= 4 is 22.6 Å². The number of hydrogen-bond donors (Lipinski definition) is 3. The van der Waals surface area contributed by atoms with Gasteiger partial charge in [-0.15, -0.1) is 0 Å². The van der Waals surface area contributed by atoms with Crippen molar-refractivity contribution in [2.45, 2.75) is 32.2 Å². The van der Waals surface area contributed by atoms with Crippen LogP contribution in [0.4, 0.5) is 10.5 Å². The molecule has 0 aliphatic heterocycles. The van der Waals surface area contributed by atoms with E-state index in [2.05, 4.69) is 40.7 Å². The number of aromatic nitrogens is 1. The van der Waals surface area contributed by atoms with Gasteiger partial charge < -0.3 is 15.6 Å². The minimum atomic E-state index is -0.158. The summed E-state index contributed by atoms with van der Waals surface area (Å²) in [5.41, 5.74) is 5.73. The summed E-state index contributed by atoms with van der Waals surface area (Å²) in [7, 11) is 0. The Morgan fingerprint density at radius 2 is 2.00 bits per heavy atom. The molecule has 0 saturated carbocycles. The molecular weight excluding hydrogens is 298 g/mol. The summed E-state index contributed by atoms with van der Waals surface area (Å²) < 4.78 is 0. The Hall–Kier alpha value is -2.75. The largest absolute Gasteiger partial charge is 0.356 e. The van der Waals surface area contributed by atoms with E-state index in [-0.39, 0.29) is 12.1 Å². The fourth-order valence-corrected chi connectivity index (χ4v) is 3.57. The van der Waals surface area contributed by atoms with E-state index in [0.29, 0.717) is 0 Å². The molecule has 4 rings (SSSR count). The molecule has 2 amide bonds. The van der Waals surface area contributed by atoms with Crippen LogP contribution in [0.15, 0.2) is 48.5 Å². The van der Waals surface area contributed by atoms with Crippen molar-refractivity contribution in [2.75, 3.05) is 5.32 Å². The van der Waals surface area contributed by atoms with Crippen molar-refractivity contribution in [1.82, 2.24) is 10.3 Å². The number of carbonyl (C=O) groups excluding carboxylic acids is 1. The van der Waals surface area contributed by atoms with Crippen molar-refractivity contribution in [2.24, 2.45) is 0 Å². The predicted octanol–water partition coefficient (Wildman–Crippen LogP) is 4.68. The molecule has 1 heterocycles. The van der Waals surface area contributed by atoms with Gasteiger partial charge in [-0.3, -0.25) is 0 Å². The van der Waals surface area contributed by atoms with Crippen molar-refractivity contribution in [1.29, 1.82) is 0 Å². The number of hydrogen-bond acceptors (Lipinski definition) is 1. The lowest BCUT2D eigenvalue weighted by Gasteiger charge is -2.24. The molecule has 24 heavy (non-hydrogen) atoms. The summed E-state index contributed by atoms with van der Waals surface area (Å²) in [6, 6.07) is 15.9. The van der Waals surface area contributed by atoms with E-state index in [9.17, 15) is 4.79 Å². The van der Waals surface area contributed by atoms with E-state index in [1.807, 2.05) is 30.3 Å². The lowest BCUT2D eigenvalue weighted by molar-refractivity contribution is 0.247. The maximum atomic E-state index is 12.3. The number of urea groups is 1. The number of fused-ring (bicyclic) bond motifs is 3. The zero-order valence-electron chi connectivity index (χ0n) is 13.7. The monoisotopic (exact) mass is 319 g/mol. The lowest BCUT2D eigenvalue weighted by atomic mass is 9.91. The second-order valence-electron chi connectivity index (χ2n) is 6.48. The summed E-state index contributed by atoms with van der Waals surface area (Å²) >= 11 is 0. The molecule has 0 spiro atoms. The fourth-order valence-electron chi connectivity index (χ4n) is 3.57. The van der Waals surface area contributed by atoms with Gasteiger partial charge in [0.05, 0.1) is 6.04 Å². The SMILES string of the molecule is Cc1ccc2[nH]c3c(c2c1)CCCC3NC(=O)Nc1ccccc1. The number of amides is 2. The number of rotatable bonds is 2. The Labute approximate surface area is 141 Å². The van der Waals surface area contributed by atoms with Gasteiger partial charge in [-0.1, -0.05) is 29.8 Å². The average Bonchev–Trinajstić information content (AvgIpc) is 2.95. The molecule has 1 aromatic heterocycles. The Balaban J connectivity index is 1.58. The Bertz CT molecular complexity index is 883. The topological polar surface area (TPSA) is 56.9 Å². The number of benzene rings is 2. The Kier molecular flexibility index (Phi) is 3.73. The minimum Gasteiger partial charge on any atom is -0.356 e. The average molecular weight is 319 g/mol. The van der Waals surface area contributed by atoms with Gasteiger partial charge >= 0.3 is 6.03 Å².